The molecule has 2 atom stereocenters. The van der Waals surface area contributed by atoms with Gasteiger partial charge in [0.1, 0.15) is 0 Å². The van der Waals surface area contributed by atoms with Crippen molar-refractivity contribution in [2.24, 2.45) is 5.11 Å². The molecule has 7 heteroatoms. The molecular weight excluding hydrogens is 356 g/mol. The fraction of sp³-hybridized carbons (Fsp3) is 0.550. The predicted molar refractivity (Wildman–Crippen MR) is 110 cm³/mol. The molecule has 0 bridgehead atoms. The Morgan fingerprint density at radius 1 is 1.30 bits per heavy atom. The normalized spacial score (nSPS) is 20.6. The van der Waals surface area contributed by atoms with Crippen molar-refractivity contribution in [1.82, 2.24) is 4.57 Å². The van der Waals surface area contributed by atoms with Crippen LogP contribution in [-0.4, -0.2) is 24.9 Å². The van der Waals surface area contributed by atoms with E-state index in [1.165, 1.54) is 0 Å². The first kappa shape index (κ1) is 19.7. The van der Waals surface area contributed by atoms with Crippen LogP contribution in [0.2, 0.25) is 18.1 Å². The number of hydrogen-bond acceptors (Lipinski definition) is 2. The topological polar surface area (TPSA) is 80.0 Å². The fourth-order valence-electron chi connectivity index (χ4n) is 3.64. The number of carbonyl (C=O) groups excluding carboxylic acids is 1. The Morgan fingerprint density at radius 3 is 2.67 bits per heavy atom. The summed E-state index contributed by atoms with van der Waals surface area (Å²) in [5.74, 6) is -0.528. The Bertz CT molecular complexity index is 906. The molecule has 1 saturated carbocycles. The van der Waals surface area contributed by atoms with Crippen molar-refractivity contribution < 1.29 is 9.22 Å². The zero-order valence-electron chi connectivity index (χ0n) is 16.8. The molecule has 6 nitrogen and oxygen atoms in total. The quantitative estimate of drug-likeness (QED) is 0.272. The zero-order valence-corrected chi connectivity index (χ0v) is 17.8. The molecular formula is C20H28N4O2Si. The second-order valence-electron chi connectivity index (χ2n) is 8.93. The fourth-order valence-corrected chi connectivity index (χ4v) is 5.04. The molecule has 1 aliphatic rings. The second kappa shape index (κ2) is 7.15. The average Bonchev–Trinajstić information content (AvgIpc) is 3.18. The SMILES string of the molecule is CC(C)(C)[Si](C)(C)O[C@@H]1CC[C@H](n2cc(C(=O)N=[N+]=[N-])c3ccccc32)C1. The van der Waals surface area contributed by atoms with Crippen LogP contribution in [0.3, 0.4) is 0 Å². The van der Waals surface area contributed by atoms with Gasteiger partial charge in [-0.1, -0.05) is 39.0 Å². The van der Waals surface area contributed by atoms with Crippen LogP contribution in [0.25, 0.3) is 21.3 Å². The molecule has 2 aromatic rings. The molecule has 1 aliphatic carbocycles. The molecule has 0 aliphatic heterocycles. The number of para-hydroxylation sites is 1. The van der Waals surface area contributed by atoms with Crippen molar-refractivity contribution >= 4 is 25.1 Å². The van der Waals surface area contributed by atoms with Gasteiger partial charge in [0.15, 0.2) is 8.32 Å². The number of aromatic nitrogens is 1. The smallest absolute Gasteiger partial charge is 0.251 e. The van der Waals surface area contributed by atoms with E-state index >= 15 is 0 Å². The molecule has 1 heterocycles. The second-order valence-corrected chi connectivity index (χ2v) is 13.7. The van der Waals surface area contributed by atoms with Gasteiger partial charge < -0.3 is 8.99 Å². The van der Waals surface area contributed by atoms with Gasteiger partial charge in [-0.15, -0.1) is 0 Å². The van der Waals surface area contributed by atoms with E-state index in [0.29, 0.717) is 5.56 Å². The first-order valence-corrected chi connectivity index (χ1v) is 12.4. The molecule has 1 fully saturated rings. The van der Waals surface area contributed by atoms with Crippen LogP contribution in [0.1, 0.15) is 56.4 Å². The van der Waals surface area contributed by atoms with E-state index in [9.17, 15) is 4.79 Å². The molecule has 144 valence electrons. The van der Waals surface area contributed by atoms with E-state index in [4.69, 9.17) is 9.96 Å². The van der Waals surface area contributed by atoms with Crippen molar-refractivity contribution in [1.29, 1.82) is 0 Å². The monoisotopic (exact) mass is 384 g/mol. The molecule has 27 heavy (non-hydrogen) atoms. The number of fused-ring (bicyclic) bond motifs is 1. The summed E-state index contributed by atoms with van der Waals surface area (Å²) in [6.45, 7) is 11.4. The third-order valence-corrected chi connectivity index (χ3v) is 10.7. The van der Waals surface area contributed by atoms with E-state index in [1.807, 2.05) is 30.5 Å². The average molecular weight is 385 g/mol. The number of rotatable bonds is 4. The molecule has 1 amide bonds. The van der Waals surface area contributed by atoms with Gasteiger partial charge >= 0.3 is 0 Å². The first-order valence-electron chi connectivity index (χ1n) is 9.51. The van der Waals surface area contributed by atoms with Crippen LogP contribution in [0.4, 0.5) is 0 Å². The molecule has 3 rings (SSSR count). The molecule has 1 aromatic heterocycles. The van der Waals surface area contributed by atoms with Gasteiger partial charge in [0.05, 0.1) is 0 Å². The van der Waals surface area contributed by atoms with Gasteiger partial charge in [0, 0.05) is 39.7 Å². The zero-order chi connectivity index (χ0) is 19.8. The Balaban J connectivity index is 1.87. The maximum absolute atomic E-state index is 12.2. The number of amides is 1. The summed E-state index contributed by atoms with van der Waals surface area (Å²) in [5, 5.41) is 4.32. The lowest BCUT2D eigenvalue weighted by atomic mass is 10.1. The Kier molecular flexibility index (Phi) is 5.21. The largest absolute Gasteiger partial charge is 0.414 e. The van der Waals surface area contributed by atoms with E-state index < -0.39 is 14.2 Å². The summed E-state index contributed by atoms with van der Waals surface area (Å²) >= 11 is 0. The van der Waals surface area contributed by atoms with Crippen LogP contribution in [-0.2, 0) is 4.43 Å². The summed E-state index contributed by atoms with van der Waals surface area (Å²) in [6.07, 6.45) is 5.10. The van der Waals surface area contributed by atoms with Gasteiger partial charge in [0.2, 0.25) is 0 Å². The van der Waals surface area contributed by atoms with Crippen LogP contribution >= 0.6 is 0 Å². The van der Waals surface area contributed by atoms with Gasteiger partial charge in [-0.3, -0.25) is 4.79 Å². The minimum absolute atomic E-state index is 0.195. The summed E-state index contributed by atoms with van der Waals surface area (Å²) in [4.78, 5) is 14.8. The maximum atomic E-state index is 12.2. The molecule has 0 spiro atoms. The highest BCUT2D eigenvalue weighted by atomic mass is 28.4. The Morgan fingerprint density at radius 2 is 2.00 bits per heavy atom. The standard InChI is InChI=1S/C20H28N4O2Si/c1-20(2,3)27(4,5)26-15-11-10-14(12-15)24-13-17(19(25)22-23-21)16-8-6-7-9-18(16)24/h6-9,13-15H,10-12H2,1-5H3/t14-,15+/m0/s1. The first-order chi connectivity index (χ1) is 12.6. The maximum Gasteiger partial charge on any atom is 0.251 e. The van der Waals surface area contributed by atoms with Crippen molar-refractivity contribution in [2.75, 3.05) is 0 Å². The van der Waals surface area contributed by atoms with Crippen molar-refractivity contribution in [3.05, 3.63) is 46.5 Å². The highest BCUT2D eigenvalue weighted by Gasteiger charge is 2.41. The lowest BCUT2D eigenvalue weighted by Gasteiger charge is -2.38. The van der Waals surface area contributed by atoms with Gasteiger partial charge in [-0.05, 0) is 54.1 Å². The number of nitrogens with zero attached hydrogens (tertiary/aromatic N) is 4. The molecule has 0 unspecified atom stereocenters. The minimum atomic E-state index is -1.80. The third kappa shape index (κ3) is 3.81. The summed E-state index contributed by atoms with van der Waals surface area (Å²) < 4.78 is 8.78. The summed E-state index contributed by atoms with van der Waals surface area (Å²) in [7, 11) is -1.80. The van der Waals surface area contributed by atoms with E-state index in [2.05, 4.69) is 48.5 Å². The van der Waals surface area contributed by atoms with Gasteiger partial charge in [-0.2, -0.15) is 0 Å². The number of benzene rings is 1. The lowest BCUT2D eigenvalue weighted by molar-refractivity contribution is 0.100. The van der Waals surface area contributed by atoms with Gasteiger partial charge in [-0.25, -0.2) is 0 Å². The molecule has 0 radical (unpaired) electrons. The van der Waals surface area contributed by atoms with Crippen LogP contribution in [0.15, 0.2) is 35.6 Å². The molecule has 0 saturated heterocycles. The third-order valence-electron chi connectivity index (χ3n) is 6.12. The highest BCUT2D eigenvalue weighted by molar-refractivity contribution is 6.74. The Hall–Kier alpha value is -2.08. The lowest BCUT2D eigenvalue weighted by Crippen LogP contribution is -2.43. The van der Waals surface area contributed by atoms with E-state index in [1.54, 1.807) is 0 Å². The minimum Gasteiger partial charge on any atom is -0.414 e. The number of hydrogen-bond donors (Lipinski definition) is 0. The van der Waals surface area contributed by atoms with Gasteiger partial charge in [0.25, 0.3) is 5.91 Å². The van der Waals surface area contributed by atoms with Crippen LogP contribution in [0, 0.1) is 0 Å². The van der Waals surface area contributed by atoms with E-state index in [0.717, 1.165) is 30.2 Å². The summed E-state index contributed by atoms with van der Waals surface area (Å²) in [5.41, 5.74) is 10.1. The highest BCUT2D eigenvalue weighted by Crippen LogP contribution is 2.42. The Labute approximate surface area is 161 Å². The van der Waals surface area contributed by atoms with Crippen LogP contribution < -0.4 is 0 Å². The van der Waals surface area contributed by atoms with Crippen molar-refractivity contribution in [3.63, 3.8) is 0 Å². The molecule has 1 aromatic carbocycles. The summed E-state index contributed by atoms with van der Waals surface area (Å²) in [6, 6.07) is 8.09. The van der Waals surface area contributed by atoms with E-state index in [-0.39, 0.29) is 17.2 Å². The molecule has 0 N–H and O–H groups in total. The number of carbonyl (C=O) groups is 1. The van der Waals surface area contributed by atoms with Crippen molar-refractivity contribution in [3.8, 4) is 0 Å². The van der Waals surface area contributed by atoms with Crippen molar-refractivity contribution in [2.45, 2.75) is 70.3 Å². The number of azide groups is 1. The predicted octanol–water partition coefficient (Wildman–Crippen LogP) is 6.21. The van der Waals surface area contributed by atoms with Crippen LogP contribution in [0.5, 0.6) is 0 Å².